The fraction of sp³-hybridized carbons (Fsp3) is 0.0769. The van der Waals surface area contributed by atoms with E-state index >= 15 is 0 Å². The van der Waals surface area contributed by atoms with Gasteiger partial charge in [-0.1, -0.05) is 24.3 Å². The molecule has 18 heavy (non-hydrogen) atoms. The Bertz CT molecular complexity index is 693. The fourth-order valence-electron chi connectivity index (χ4n) is 1.70. The van der Waals surface area contributed by atoms with Crippen LogP contribution in [0, 0.1) is 5.82 Å². The highest BCUT2D eigenvalue weighted by Crippen LogP contribution is 2.29. The fourth-order valence-corrected chi connectivity index (χ4v) is 2.61. The average molecular weight is 266 g/mol. The number of aromatic hydroxyl groups is 1. The van der Waals surface area contributed by atoms with Crippen molar-refractivity contribution in [1.82, 2.24) is 0 Å². The van der Waals surface area contributed by atoms with Gasteiger partial charge in [-0.05, 0) is 23.8 Å². The molecule has 0 atom stereocenters. The lowest BCUT2D eigenvalue weighted by atomic mass is 10.1. The minimum absolute atomic E-state index is 0.134. The third kappa shape index (κ3) is 2.36. The number of phenolic OH excluding ortho intramolecular Hbond substituents is 1. The summed E-state index contributed by atoms with van der Waals surface area (Å²) in [6.45, 7) is 0. The highest BCUT2D eigenvalue weighted by Gasteiger charge is 2.14. The number of rotatable bonds is 2. The van der Waals surface area contributed by atoms with Gasteiger partial charge >= 0.3 is 0 Å². The van der Waals surface area contributed by atoms with Gasteiger partial charge < -0.3 is 5.11 Å². The van der Waals surface area contributed by atoms with Crippen LogP contribution in [0.2, 0.25) is 0 Å². The first-order valence-electron chi connectivity index (χ1n) is 5.17. The molecule has 0 saturated heterocycles. The summed E-state index contributed by atoms with van der Waals surface area (Å²) in [6, 6.07) is 10.1. The van der Waals surface area contributed by atoms with E-state index in [9.17, 15) is 12.8 Å². The smallest absolute Gasteiger partial charge is 0.176 e. The minimum Gasteiger partial charge on any atom is -0.505 e. The lowest BCUT2D eigenvalue weighted by Crippen LogP contribution is -1.99. The molecule has 0 spiro atoms. The molecule has 3 nitrogen and oxygen atoms in total. The van der Waals surface area contributed by atoms with Gasteiger partial charge in [0, 0.05) is 11.8 Å². The third-order valence-electron chi connectivity index (χ3n) is 2.55. The van der Waals surface area contributed by atoms with Crippen molar-refractivity contribution < 1.29 is 17.9 Å². The van der Waals surface area contributed by atoms with Crippen LogP contribution in [0.5, 0.6) is 5.75 Å². The van der Waals surface area contributed by atoms with E-state index in [1.54, 1.807) is 18.2 Å². The second-order valence-electron chi connectivity index (χ2n) is 3.93. The average Bonchev–Trinajstić information content (AvgIpc) is 2.32. The molecular weight excluding hydrogens is 255 g/mol. The molecule has 0 amide bonds. The van der Waals surface area contributed by atoms with Gasteiger partial charge in [-0.2, -0.15) is 0 Å². The van der Waals surface area contributed by atoms with Gasteiger partial charge in [0.1, 0.15) is 0 Å². The molecule has 1 N–H and O–H groups in total. The van der Waals surface area contributed by atoms with E-state index in [1.165, 1.54) is 18.2 Å². The number of hydrogen-bond acceptors (Lipinski definition) is 3. The van der Waals surface area contributed by atoms with Crippen molar-refractivity contribution in [2.24, 2.45) is 0 Å². The zero-order valence-corrected chi connectivity index (χ0v) is 10.4. The van der Waals surface area contributed by atoms with Gasteiger partial charge in [-0.15, -0.1) is 0 Å². The number of phenols is 1. The summed E-state index contributed by atoms with van der Waals surface area (Å²) in [5.74, 6) is -1.24. The van der Waals surface area contributed by atoms with E-state index in [1.807, 2.05) is 0 Å². The molecule has 0 radical (unpaired) electrons. The van der Waals surface area contributed by atoms with Crippen LogP contribution in [-0.2, 0) is 9.84 Å². The predicted octanol–water partition coefficient (Wildman–Crippen LogP) is 2.60. The maximum atomic E-state index is 13.3. The second-order valence-corrected chi connectivity index (χ2v) is 5.92. The quantitative estimate of drug-likeness (QED) is 0.909. The highest BCUT2D eigenvalue weighted by molar-refractivity contribution is 7.90. The van der Waals surface area contributed by atoms with Gasteiger partial charge in [0.05, 0.1) is 4.90 Å². The zero-order valence-electron chi connectivity index (χ0n) is 9.59. The molecule has 0 aliphatic heterocycles. The van der Waals surface area contributed by atoms with E-state index in [-0.39, 0.29) is 4.90 Å². The van der Waals surface area contributed by atoms with Gasteiger partial charge in [-0.3, -0.25) is 0 Å². The highest BCUT2D eigenvalue weighted by atomic mass is 32.2. The summed E-state index contributed by atoms with van der Waals surface area (Å²) in [7, 11) is -3.39. The van der Waals surface area contributed by atoms with Crippen molar-refractivity contribution in [3.8, 4) is 16.9 Å². The molecule has 94 valence electrons. The number of sulfone groups is 1. The van der Waals surface area contributed by atoms with Crippen molar-refractivity contribution >= 4 is 9.84 Å². The SMILES string of the molecule is CS(=O)(=O)c1ccccc1-c1ccc(O)c(F)c1. The Morgan fingerprint density at radius 1 is 1.11 bits per heavy atom. The van der Waals surface area contributed by atoms with E-state index in [2.05, 4.69) is 0 Å². The first-order chi connectivity index (χ1) is 8.39. The van der Waals surface area contributed by atoms with Gasteiger partial charge in [0.15, 0.2) is 21.4 Å². The molecule has 2 aromatic carbocycles. The summed E-state index contributed by atoms with van der Waals surface area (Å²) in [5.41, 5.74) is 0.824. The molecule has 0 fully saturated rings. The Morgan fingerprint density at radius 3 is 2.39 bits per heavy atom. The maximum absolute atomic E-state index is 13.3. The van der Waals surface area contributed by atoms with E-state index in [4.69, 9.17) is 5.11 Å². The molecule has 0 heterocycles. The Hall–Kier alpha value is -1.88. The van der Waals surface area contributed by atoms with Gasteiger partial charge in [-0.25, -0.2) is 12.8 Å². The lowest BCUT2D eigenvalue weighted by Gasteiger charge is -2.08. The number of halogens is 1. The van der Waals surface area contributed by atoms with Crippen LogP contribution in [-0.4, -0.2) is 19.8 Å². The predicted molar refractivity (Wildman–Crippen MR) is 66.6 cm³/mol. The number of benzene rings is 2. The summed E-state index contributed by atoms with van der Waals surface area (Å²) in [4.78, 5) is 0.134. The molecule has 0 aromatic heterocycles. The molecule has 0 aliphatic rings. The summed E-state index contributed by atoms with van der Waals surface area (Å²) < 4.78 is 36.6. The van der Waals surface area contributed by atoms with Crippen molar-refractivity contribution in [3.63, 3.8) is 0 Å². The molecule has 0 saturated carbocycles. The summed E-state index contributed by atoms with van der Waals surface area (Å²) in [5, 5.41) is 9.13. The Labute approximate surface area is 104 Å². The van der Waals surface area contributed by atoms with Crippen LogP contribution in [0.15, 0.2) is 47.4 Å². The molecule has 5 heteroatoms. The third-order valence-corrected chi connectivity index (χ3v) is 3.70. The zero-order chi connectivity index (χ0) is 13.3. The van der Waals surface area contributed by atoms with Crippen LogP contribution >= 0.6 is 0 Å². The lowest BCUT2D eigenvalue weighted by molar-refractivity contribution is 0.432. The largest absolute Gasteiger partial charge is 0.505 e. The molecule has 2 aromatic rings. The minimum atomic E-state index is -3.39. The van der Waals surface area contributed by atoms with E-state index in [0.29, 0.717) is 11.1 Å². The topological polar surface area (TPSA) is 54.4 Å². The molecule has 2 rings (SSSR count). The van der Waals surface area contributed by atoms with Gasteiger partial charge in [0.2, 0.25) is 0 Å². The van der Waals surface area contributed by atoms with E-state index in [0.717, 1.165) is 12.3 Å². The second kappa shape index (κ2) is 4.42. The maximum Gasteiger partial charge on any atom is 0.176 e. The van der Waals surface area contributed by atoms with Crippen LogP contribution in [0.3, 0.4) is 0 Å². The van der Waals surface area contributed by atoms with Crippen LogP contribution in [0.25, 0.3) is 11.1 Å². The Balaban J connectivity index is 2.68. The Kier molecular flexibility index (Phi) is 3.09. The molecule has 0 bridgehead atoms. The standard InChI is InChI=1S/C13H11FO3S/c1-18(16,17)13-5-3-2-4-10(13)9-6-7-12(15)11(14)8-9/h2-8,15H,1H3. The van der Waals surface area contributed by atoms with Crippen LogP contribution in [0.1, 0.15) is 0 Å². The van der Waals surface area contributed by atoms with Crippen LogP contribution < -0.4 is 0 Å². The molecular formula is C13H11FO3S. The number of hydrogen-bond donors (Lipinski definition) is 1. The summed E-state index contributed by atoms with van der Waals surface area (Å²) >= 11 is 0. The Morgan fingerprint density at radius 2 is 1.78 bits per heavy atom. The molecule has 0 aliphatic carbocycles. The normalized spacial score (nSPS) is 11.4. The first kappa shape index (κ1) is 12.6. The van der Waals surface area contributed by atoms with Crippen molar-refractivity contribution in [1.29, 1.82) is 0 Å². The monoisotopic (exact) mass is 266 g/mol. The van der Waals surface area contributed by atoms with Gasteiger partial charge in [0.25, 0.3) is 0 Å². The van der Waals surface area contributed by atoms with E-state index < -0.39 is 21.4 Å². The molecule has 0 unspecified atom stereocenters. The van der Waals surface area contributed by atoms with Crippen molar-refractivity contribution in [3.05, 3.63) is 48.3 Å². The summed E-state index contributed by atoms with van der Waals surface area (Å²) in [6.07, 6.45) is 1.10. The first-order valence-corrected chi connectivity index (χ1v) is 7.07. The van der Waals surface area contributed by atoms with Crippen molar-refractivity contribution in [2.45, 2.75) is 4.90 Å². The van der Waals surface area contributed by atoms with Crippen molar-refractivity contribution in [2.75, 3.05) is 6.26 Å². The van der Waals surface area contributed by atoms with Crippen LogP contribution in [0.4, 0.5) is 4.39 Å².